The van der Waals surface area contributed by atoms with E-state index in [-0.39, 0.29) is 18.4 Å². The second-order valence-electron chi connectivity index (χ2n) is 6.29. The molecule has 1 atom stereocenters. The van der Waals surface area contributed by atoms with E-state index in [1.807, 2.05) is 18.3 Å². The first kappa shape index (κ1) is 17.9. The Bertz CT molecular complexity index is 746. The number of hydrogen-bond donors (Lipinski definition) is 1. The predicted molar refractivity (Wildman–Crippen MR) is 94.5 cm³/mol. The van der Waals surface area contributed by atoms with Crippen LogP contribution in [0.1, 0.15) is 30.1 Å². The van der Waals surface area contributed by atoms with Gasteiger partial charge in [-0.25, -0.2) is 9.78 Å². The molecule has 0 radical (unpaired) electrons. The molecule has 26 heavy (non-hydrogen) atoms. The highest BCUT2D eigenvalue weighted by atomic mass is 16.5. The summed E-state index contributed by atoms with van der Waals surface area (Å²) in [4.78, 5) is 33.8. The average molecular weight is 357 g/mol. The molecule has 0 aliphatic carbocycles. The molecule has 138 valence electrons. The van der Waals surface area contributed by atoms with Crippen LogP contribution in [0.15, 0.2) is 36.9 Å². The molecule has 1 aliphatic rings. The maximum atomic E-state index is 12.3. The molecule has 1 unspecified atom stereocenters. The van der Waals surface area contributed by atoms with E-state index in [4.69, 9.17) is 0 Å². The molecule has 2 amide bonds. The first-order chi connectivity index (χ1) is 12.7. The van der Waals surface area contributed by atoms with Gasteiger partial charge in [-0.3, -0.25) is 9.78 Å². The van der Waals surface area contributed by atoms with Crippen molar-refractivity contribution in [2.45, 2.75) is 25.3 Å². The standard InChI is InChI=1S/C18H23N5O3/c1-26-18(25)21-11-16(24)22-9-2-3-15(13-22)17-20-8-10-23(17)12-14-4-6-19-7-5-14/h4-8,10,15H,2-3,9,11-13H2,1H3,(H,21,25). The van der Waals surface area contributed by atoms with Gasteiger partial charge in [-0.15, -0.1) is 0 Å². The summed E-state index contributed by atoms with van der Waals surface area (Å²) in [5.74, 6) is 1.07. The Hall–Kier alpha value is -2.90. The molecule has 1 saturated heterocycles. The number of imidazole rings is 1. The number of methoxy groups -OCH3 is 1. The number of carbonyl (C=O) groups excluding carboxylic acids is 2. The van der Waals surface area contributed by atoms with Crippen molar-refractivity contribution >= 4 is 12.0 Å². The first-order valence-corrected chi connectivity index (χ1v) is 8.67. The van der Waals surface area contributed by atoms with Gasteiger partial charge in [-0.1, -0.05) is 0 Å². The quantitative estimate of drug-likeness (QED) is 0.873. The van der Waals surface area contributed by atoms with Crippen molar-refractivity contribution in [3.05, 3.63) is 48.3 Å². The summed E-state index contributed by atoms with van der Waals surface area (Å²) >= 11 is 0. The van der Waals surface area contributed by atoms with Gasteiger partial charge in [0.15, 0.2) is 0 Å². The van der Waals surface area contributed by atoms with Gasteiger partial charge in [0.05, 0.1) is 7.11 Å². The minimum absolute atomic E-state index is 0.0507. The molecule has 1 N–H and O–H groups in total. The molecular weight excluding hydrogens is 334 g/mol. The Labute approximate surface area is 152 Å². The third-order valence-corrected chi connectivity index (χ3v) is 4.56. The second kappa shape index (κ2) is 8.46. The van der Waals surface area contributed by atoms with Gasteiger partial charge in [0, 0.05) is 50.3 Å². The van der Waals surface area contributed by atoms with Gasteiger partial charge in [0.25, 0.3) is 0 Å². The van der Waals surface area contributed by atoms with Gasteiger partial charge in [0.1, 0.15) is 12.4 Å². The molecule has 0 saturated carbocycles. The number of nitrogens with one attached hydrogen (secondary N) is 1. The number of aromatic nitrogens is 3. The molecule has 0 spiro atoms. The fraction of sp³-hybridized carbons (Fsp3) is 0.444. The van der Waals surface area contributed by atoms with Crippen LogP contribution in [0.4, 0.5) is 4.79 Å². The van der Waals surface area contributed by atoms with Crippen molar-refractivity contribution < 1.29 is 14.3 Å². The highest BCUT2D eigenvalue weighted by Gasteiger charge is 2.27. The fourth-order valence-electron chi connectivity index (χ4n) is 3.25. The minimum atomic E-state index is -0.597. The number of likely N-dealkylation sites (tertiary alicyclic amines) is 1. The summed E-state index contributed by atoms with van der Waals surface area (Å²) in [7, 11) is 1.28. The van der Waals surface area contributed by atoms with Crippen LogP contribution in [0.2, 0.25) is 0 Å². The number of piperidine rings is 1. The van der Waals surface area contributed by atoms with Crippen LogP contribution in [0.25, 0.3) is 0 Å². The van der Waals surface area contributed by atoms with Gasteiger partial charge < -0.3 is 19.5 Å². The third-order valence-electron chi connectivity index (χ3n) is 4.56. The van der Waals surface area contributed by atoms with Gasteiger partial charge in [-0.05, 0) is 30.5 Å². The zero-order valence-corrected chi connectivity index (χ0v) is 14.8. The molecule has 3 rings (SSSR count). The Balaban J connectivity index is 1.64. The van der Waals surface area contributed by atoms with E-state index in [0.717, 1.165) is 30.8 Å². The summed E-state index contributed by atoms with van der Waals surface area (Å²) in [5, 5.41) is 2.44. The maximum Gasteiger partial charge on any atom is 0.407 e. The number of pyridine rings is 1. The fourth-order valence-corrected chi connectivity index (χ4v) is 3.25. The van der Waals surface area contributed by atoms with E-state index in [9.17, 15) is 9.59 Å². The van der Waals surface area contributed by atoms with Crippen LogP contribution >= 0.6 is 0 Å². The van der Waals surface area contributed by atoms with Gasteiger partial charge in [0.2, 0.25) is 5.91 Å². The minimum Gasteiger partial charge on any atom is -0.453 e. The second-order valence-corrected chi connectivity index (χ2v) is 6.29. The smallest absolute Gasteiger partial charge is 0.407 e. The molecule has 2 aromatic rings. The lowest BCUT2D eigenvalue weighted by Crippen LogP contribution is -2.44. The van der Waals surface area contributed by atoms with Gasteiger partial charge >= 0.3 is 6.09 Å². The van der Waals surface area contributed by atoms with Crippen molar-refractivity contribution in [1.29, 1.82) is 0 Å². The molecule has 3 heterocycles. The summed E-state index contributed by atoms with van der Waals surface area (Å²) in [6.07, 6.45) is 8.63. The number of hydrogen-bond acceptors (Lipinski definition) is 5. The van der Waals surface area contributed by atoms with Crippen molar-refractivity contribution in [2.24, 2.45) is 0 Å². The molecule has 2 aromatic heterocycles. The van der Waals surface area contributed by atoms with E-state index < -0.39 is 6.09 Å². The van der Waals surface area contributed by atoms with Crippen LogP contribution in [0.5, 0.6) is 0 Å². The molecule has 1 fully saturated rings. The number of alkyl carbamates (subject to hydrolysis) is 1. The Morgan fingerprint density at radius 2 is 2.12 bits per heavy atom. The highest BCUT2D eigenvalue weighted by molar-refractivity contribution is 5.82. The molecule has 8 nitrogen and oxygen atoms in total. The molecule has 0 aromatic carbocycles. The first-order valence-electron chi connectivity index (χ1n) is 8.67. The topological polar surface area (TPSA) is 89.4 Å². The average Bonchev–Trinajstić information content (AvgIpc) is 3.14. The van der Waals surface area contributed by atoms with Gasteiger partial charge in [-0.2, -0.15) is 0 Å². The summed E-state index contributed by atoms with van der Waals surface area (Å²) in [5.41, 5.74) is 1.16. The number of rotatable bonds is 5. The van der Waals surface area contributed by atoms with Crippen molar-refractivity contribution in [3.8, 4) is 0 Å². The monoisotopic (exact) mass is 357 g/mol. The molecule has 8 heteroatoms. The number of nitrogens with zero attached hydrogens (tertiary/aromatic N) is 4. The van der Waals surface area contributed by atoms with Crippen LogP contribution in [0.3, 0.4) is 0 Å². The van der Waals surface area contributed by atoms with Crippen molar-refractivity contribution in [3.63, 3.8) is 0 Å². The lowest BCUT2D eigenvalue weighted by atomic mass is 9.97. The summed E-state index contributed by atoms with van der Waals surface area (Å²) in [6.45, 7) is 1.98. The lowest BCUT2D eigenvalue weighted by molar-refractivity contribution is -0.131. The Morgan fingerprint density at radius 1 is 1.31 bits per heavy atom. The van der Waals surface area contributed by atoms with Crippen molar-refractivity contribution in [1.82, 2.24) is 24.8 Å². The number of amides is 2. The normalized spacial score (nSPS) is 17.0. The third kappa shape index (κ3) is 4.38. The highest BCUT2D eigenvalue weighted by Crippen LogP contribution is 2.26. The van der Waals surface area contributed by atoms with E-state index in [2.05, 4.69) is 24.6 Å². The van der Waals surface area contributed by atoms with E-state index >= 15 is 0 Å². The molecular formula is C18H23N5O3. The zero-order valence-electron chi connectivity index (χ0n) is 14.8. The molecule has 1 aliphatic heterocycles. The van der Waals surface area contributed by atoms with Crippen LogP contribution < -0.4 is 5.32 Å². The molecule has 0 bridgehead atoms. The summed E-state index contributed by atoms with van der Waals surface area (Å²) in [6, 6.07) is 3.97. The van der Waals surface area contributed by atoms with E-state index in [1.54, 1.807) is 23.5 Å². The van der Waals surface area contributed by atoms with E-state index in [1.165, 1.54) is 7.11 Å². The van der Waals surface area contributed by atoms with Crippen LogP contribution in [-0.4, -0.2) is 58.2 Å². The van der Waals surface area contributed by atoms with E-state index in [0.29, 0.717) is 13.1 Å². The maximum absolute atomic E-state index is 12.3. The number of carbonyl (C=O) groups is 2. The lowest BCUT2D eigenvalue weighted by Gasteiger charge is -2.32. The Kier molecular flexibility index (Phi) is 5.83. The predicted octanol–water partition coefficient (Wildman–Crippen LogP) is 1.39. The largest absolute Gasteiger partial charge is 0.453 e. The van der Waals surface area contributed by atoms with Crippen LogP contribution in [0, 0.1) is 0 Å². The zero-order chi connectivity index (χ0) is 18.4. The van der Waals surface area contributed by atoms with Crippen LogP contribution in [-0.2, 0) is 16.1 Å². The summed E-state index contributed by atoms with van der Waals surface area (Å²) < 4.78 is 6.63. The SMILES string of the molecule is COC(=O)NCC(=O)N1CCCC(c2nccn2Cc2ccncc2)C1. The van der Waals surface area contributed by atoms with Crippen molar-refractivity contribution in [2.75, 3.05) is 26.7 Å². The Morgan fingerprint density at radius 3 is 2.88 bits per heavy atom. The number of ether oxygens (including phenoxy) is 1.